The Morgan fingerprint density at radius 3 is 1.79 bits per heavy atom. The van der Waals surface area contributed by atoms with Crippen LogP contribution in [-0.2, 0) is 0 Å². The first-order chi connectivity index (χ1) is 6.51. The van der Waals surface area contributed by atoms with Crippen molar-refractivity contribution in [1.29, 1.82) is 0 Å². The van der Waals surface area contributed by atoms with Crippen LogP contribution < -0.4 is 0 Å². The highest BCUT2D eigenvalue weighted by Gasteiger charge is 3.00. The van der Waals surface area contributed by atoms with E-state index >= 15 is 0 Å². The molecule has 0 N–H and O–H groups in total. The fraction of sp³-hybridized carbons (Fsp3) is 1.00. The van der Waals surface area contributed by atoms with Crippen LogP contribution in [0.1, 0.15) is 53.9 Å². The van der Waals surface area contributed by atoms with Crippen LogP contribution in [0.3, 0.4) is 0 Å². The Morgan fingerprint density at radius 1 is 1.07 bits per heavy atom. The molecule has 0 heteroatoms. The van der Waals surface area contributed by atoms with Crippen molar-refractivity contribution in [3.8, 4) is 0 Å². The molecule has 0 saturated heterocycles. The second-order valence-electron chi connectivity index (χ2n) is 6.55. The van der Waals surface area contributed by atoms with Crippen LogP contribution in [0.2, 0.25) is 0 Å². The van der Waals surface area contributed by atoms with E-state index in [1.54, 1.807) is 0 Å². The molecular weight excluding hydrogens is 168 g/mol. The molecule has 3 aliphatic rings. The van der Waals surface area contributed by atoms with Crippen LogP contribution in [0, 0.1) is 34.0 Å². The van der Waals surface area contributed by atoms with Crippen LogP contribution in [0.15, 0.2) is 0 Å². The molecule has 3 aliphatic carbocycles. The lowest BCUT2D eigenvalue weighted by Gasteiger charge is -2.32. The van der Waals surface area contributed by atoms with Gasteiger partial charge in [-0.1, -0.05) is 34.6 Å². The Bertz CT molecular complexity index is 270. The van der Waals surface area contributed by atoms with E-state index in [9.17, 15) is 0 Å². The van der Waals surface area contributed by atoms with Gasteiger partial charge in [0.2, 0.25) is 0 Å². The molecule has 0 aromatic rings. The average Bonchev–Trinajstić information content (AvgIpc) is 3.01. The summed E-state index contributed by atoms with van der Waals surface area (Å²) < 4.78 is 0. The fourth-order valence-electron chi connectivity index (χ4n) is 5.90. The second kappa shape index (κ2) is 2.08. The standard InChI is InChI=1S/C14H24/c1-6-14(7-2)12(4)11(13(12,14)5)10-8-9(10)3/h9-11H,6-8H2,1-5H3. The van der Waals surface area contributed by atoms with Gasteiger partial charge in [0, 0.05) is 0 Å². The van der Waals surface area contributed by atoms with E-state index < -0.39 is 0 Å². The Hall–Kier alpha value is 0. The van der Waals surface area contributed by atoms with Crippen LogP contribution in [0.25, 0.3) is 0 Å². The van der Waals surface area contributed by atoms with Crippen molar-refractivity contribution < 1.29 is 0 Å². The van der Waals surface area contributed by atoms with Crippen molar-refractivity contribution in [3.05, 3.63) is 0 Å². The summed E-state index contributed by atoms with van der Waals surface area (Å²) in [5.74, 6) is 3.26. The second-order valence-corrected chi connectivity index (χ2v) is 6.55. The third-order valence-electron chi connectivity index (χ3n) is 6.97. The fourth-order valence-corrected chi connectivity index (χ4v) is 5.90. The van der Waals surface area contributed by atoms with Crippen molar-refractivity contribution in [1.82, 2.24) is 0 Å². The van der Waals surface area contributed by atoms with Gasteiger partial charge in [0.1, 0.15) is 0 Å². The summed E-state index contributed by atoms with van der Waals surface area (Å²) in [4.78, 5) is 0. The lowest BCUT2D eigenvalue weighted by atomic mass is 9.72. The molecule has 4 unspecified atom stereocenters. The Labute approximate surface area is 88.5 Å². The first kappa shape index (κ1) is 9.24. The molecule has 0 bridgehead atoms. The molecule has 0 aromatic carbocycles. The minimum atomic E-state index is 0.743. The van der Waals surface area contributed by atoms with Gasteiger partial charge in [-0.3, -0.25) is 0 Å². The SMILES string of the molecule is CCC1(CC)C2(C)C(C3CC3C)C12C. The topological polar surface area (TPSA) is 0 Å². The highest BCUT2D eigenvalue weighted by atomic mass is 15.0. The lowest BCUT2D eigenvalue weighted by Crippen LogP contribution is -2.25. The molecule has 0 aromatic heterocycles. The zero-order valence-corrected chi connectivity index (χ0v) is 10.4. The molecule has 0 spiro atoms. The molecule has 80 valence electrons. The third kappa shape index (κ3) is 0.558. The molecule has 3 rings (SSSR count). The summed E-state index contributed by atoms with van der Waals surface area (Å²) >= 11 is 0. The first-order valence-electron chi connectivity index (χ1n) is 6.51. The van der Waals surface area contributed by atoms with Gasteiger partial charge in [0.15, 0.2) is 0 Å². The van der Waals surface area contributed by atoms with Crippen molar-refractivity contribution in [2.45, 2.75) is 53.9 Å². The summed E-state index contributed by atoms with van der Waals surface area (Å²) in [5.41, 5.74) is 2.24. The number of hydrogen-bond donors (Lipinski definition) is 0. The molecule has 3 fully saturated rings. The molecule has 0 aliphatic heterocycles. The zero-order valence-electron chi connectivity index (χ0n) is 10.4. The van der Waals surface area contributed by atoms with Gasteiger partial charge in [0.05, 0.1) is 0 Å². The third-order valence-corrected chi connectivity index (χ3v) is 6.97. The average molecular weight is 192 g/mol. The molecule has 0 radical (unpaired) electrons. The van der Waals surface area contributed by atoms with E-state index in [2.05, 4.69) is 34.6 Å². The van der Waals surface area contributed by atoms with Crippen LogP contribution in [-0.4, -0.2) is 0 Å². The minimum absolute atomic E-state index is 0.743. The van der Waals surface area contributed by atoms with Gasteiger partial charge in [-0.25, -0.2) is 0 Å². The quantitative estimate of drug-likeness (QED) is 0.631. The van der Waals surface area contributed by atoms with Crippen LogP contribution in [0.5, 0.6) is 0 Å². The maximum absolute atomic E-state index is 2.58. The predicted octanol–water partition coefficient (Wildman–Crippen LogP) is 4.10. The molecule has 3 saturated carbocycles. The van der Waals surface area contributed by atoms with Gasteiger partial charge in [-0.15, -0.1) is 0 Å². The monoisotopic (exact) mass is 192 g/mol. The van der Waals surface area contributed by atoms with Crippen molar-refractivity contribution >= 4 is 0 Å². The van der Waals surface area contributed by atoms with E-state index in [0.29, 0.717) is 0 Å². The molecule has 0 amide bonds. The lowest BCUT2D eigenvalue weighted by molar-refractivity contribution is 0.164. The largest absolute Gasteiger partial charge is 0.0648 e. The first-order valence-corrected chi connectivity index (χ1v) is 6.51. The maximum atomic E-state index is 2.58. The van der Waals surface area contributed by atoms with Crippen molar-refractivity contribution in [3.63, 3.8) is 0 Å². The summed E-state index contributed by atoms with van der Waals surface area (Å²) in [7, 11) is 0. The number of hydrogen-bond acceptors (Lipinski definition) is 0. The zero-order chi connectivity index (χ0) is 10.4. The molecule has 14 heavy (non-hydrogen) atoms. The molecule has 4 atom stereocenters. The van der Waals surface area contributed by atoms with Crippen LogP contribution in [0.4, 0.5) is 0 Å². The Balaban J connectivity index is 1.83. The summed E-state index contributed by atoms with van der Waals surface area (Å²) in [6.07, 6.45) is 4.35. The summed E-state index contributed by atoms with van der Waals surface area (Å²) in [6.45, 7) is 12.4. The highest BCUT2D eigenvalue weighted by molar-refractivity contribution is 5.46. The number of fused-ring (bicyclic) bond motifs is 1. The van der Waals surface area contributed by atoms with Crippen molar-refractivity contribution in [2.24, 2.45) is 34.0 Å². The van der Waals surface area contributed by atoms with Gasteiger partial charge in [-0.2, -0.15) is 0 Å². The highest BCUT2D eigenvalue weighted by Crippen LogP contribution is 3.04. The van der Waals surface area contributed by atoms with Gasteiger partial charge < -0.3 is 0 Å². The number of rotatable bonds is 3. The molecule has 0 nitrogen and oxygen atoms in total. The van der Waals surface area contributed by atoms with E-state index in [4.69, 9.17) is 0 Å². The summed E-state index contributed by atoms with van der Waals surface area (Å²) in [5, 5.41) is 0. The Morgan fingerprint density at radius 2 is 1.50 bits per heavy atom. The minimum Gasteiger partial charge on any atom is -0.0648 e. The smallest absolute Gasteiger partial charge is 0.0165 e. The van der Waals surface area contributed by atoms with E-state index in [-0.39, 0.29) is 0 Å². The normalized spacial score (nSPS) is 61.9. The molecular formula is C14H24. The molecule has 0 heterocycles. The van der Waals surface area contributed by atoms with Crippen LogP contribution >= 0.6 is 0 Å². The van der Waals surface area contributed by atoms with Gasteiger partial charge >= 0.3 is 0 Å². The van der Waals surface area contributed by atoms with Gasteiger partial charge in [-0.05, 0) is 53.3 Å². The predicted molar refractivity (Wildman–Crippen MR) is 60.0 cm³/mol. The Kier molecular flexibility index (Phi) is 1.37. The van der Waals surface area contributed by atoms with E-state index in [0.717, 1.165) is 34.0 Å². The van der Waals surface area contributed by atoms with Crippen molar-refractivity contribution in [2.75, 3.05) is 0 Å². The van der Waals surface area contributed by atoms with E-state index in [1.165, 1.54) is 19.3 Å². The summed E-state index contributed by atoms with van der Waals surface area (Å²) in [6, 6.07) is 0. The maximum Gasteiger partial charge on any atom is -0.0165 e. The van der Waals surface area contributed by atoms with Gasteiger partial charge in [0.25, 0.3) is 0 Å². The van der Waals surface area contributed by atoms with E-state index in [1.807, 2.05) is 0 Å².